The van der Waals surface area contributed by atoms with Crippen LogP contribution in [0.2, 0.25) is 0 Å². The Kier molecular flexibility index (Phi) is 5.56. The first-order chi connectivity index (χ1) is 6.64. The molecular weight excluding hydrogens is 232 g/mol. The van der Waals surface area contributed by atoms with E-state index in [9.17, 15) is 27.5 Å². The highest BCUT2D eigenvalue weighted by Crippen LogP contribution is 2.30. The second-order valence-corrected chi connectivity index (χ2v) is 4.96. The normalized spacial score (nSPS) is 15.0. The molecule has 7 heteroatoms. The van der Waals surface area contributed by atoms with E-state index in [1.54, 1.807) is 0 Å². The molecule has 0 aromatic carbocycles. The fourth-order valence-corrected chi connectivity index (χ4v) is 1.72. The number of hydrogen-bond acceptors (Lipinski definition) is 3. The van der Waals surface area contributed by atoms with Crippen LogP contribution in [-0.4, -0.2) is 12.3 Å². The van der Waals surface area contributed by atoms with Crippen molar-refractivity contribution >= 4 is 7.60 Å². The molecule has 1 unspecified atom stereocenters. The highest BCUT2D eigenvalue weighted by atomic mass is 31.2. The molecule has 3 nitrogen and oxygen atoms in total. The van der Waals surface area contributed by atoms with Crippen molar-refractivity contribution in [2.75, 3.05) is 6.16 Å². The van der Waals surface area contributed by atoms with Crippen molar-refractivity contribution in [3.05, 3.63) is 12.7 Å². The zero-order valence-corrected chi connectivity index (χ0v) is 8.89. The van der Waals surface area contributed by atoms with E-state index in [-0.39, 0.29) is 12.8 Å². The maximum absolute atomic E-state index is 11.9. The fraction of sp³-hybridized carbons (Fsp3) is 0.750. The molecule has 0 aromatic rings. The number of rotatable bonds is 6. The lowest BCUT2D eigenvalue weighted by molar-refractivity contribution is -0.313. The average Bonchev–Trinajstić information content (AvgIpc) is 1.97. The predicted octanol–water partition coefficient (Wildman–Crippen LogP) is 1.43. The van der Waals surface area contributed by atoms with Gasteiger partial charge in [0.2, 0.25) is 0 Å². The van der Waals surface area contributed by atoms with Crippen molar-refractivity contribution in [3.8, 4) is 0 Å². The number of hydrogen-bond donors (Lipinski definition) is 0. The smallest absolute Gasteiger partial charge is 0.389 e. The Hall–Kier alpha value is -0.320. The topological polar surface area (TPSA) is 63.2 Å². The van der Waals surface area contributed by atoms with Crippen molar-refractivity contribution in [2.24, 2.45) is 5.92 Å². The van der Waals surface area contributed by atoms with Gasteiger partial charge in [0, 0.05) is 6.42 Å². The third kappa shape index (κ3) is 9.97. The highest BCUT2D eigenvalue weighted by molar-refractivity contribution is 7.48. The Morgan fingerprint density at radius 2 is 1.93 bits per heavy atom. The lowest BCUT2D eigenvalue weighted by atomic mass is 10.00. The summed E-state index contributed by atoms with van der Waals surface area (Å²) in [6.45, 7) is 3.23. The van der Waals surface area contributed by atoms with Crippen LogP contribution >= 0.6 is 7.60 Å². The van der Waals surface area contributed by atoms with Crippen molar-refractivity contribution in [1.82, 2.24) is 0 Å². The first-order valence-electron chi connectivity index (χ1n) is 4.34. The molecule has 0 heterocycles. The van der Waals surface area contributed by atoms with Crippen LogP contribution in [0.15, 0.2) is 12.7 Å². The van der Waals surface area contributed by atoms with Crippen molar-refractivity contribution in [2.45, 2.75) is 25.4 Å². The average molecular weight is 244 g/mol. The van der Waals surface area contributed by atoms with Crippen LogP contribution in [0.4, 0.5) is 13.2 Å². The summed E-state index contributed by atoms with van der Waals surface area (Å²) in [6, 6.07) is 0. The number of alkyl halides is 3. The zero-order chi connectivity index (χ0) is 12.1. The van der Waals surface area contributed by atoms with Gasteiger partial charge in [0.15, 0.2) is 0 Å². The van der Waals surface area contributed by atoms with Gasteiger partial charge in [-0.3, -0.25) is 0 Å². The SMILES string of the molecule is C=CC(CCCP(=O)([O-])[O-])CC(F)(F)F. The van der Waals surface area contributed by atoms with Crippen LogP contribution in [0.5, 0.6) is 0 Å². The third-order valence-corrected chi connectivity index (χ3v) is 2.70. The monoisotopic (exact) mass is 244 g/mol. The molecule has 0 fully saturated rings. The van der Waals surface area contributed by atoms with Crippen LogP contribution in [0.3, 0.4) is 0 Å². The molecule has 1 atom stereocenters. The van der Waals surface area contributed by atoms with Gasteiger partial charge in [-0.05, 0) is 24.9 Å². The van der Waals surface area contributed by atoms with Crippen LogP contribution in [0.25, 0.3) is 0 Å². The highest BCUT2D eigenvalue weighted by Gasteiger charge is 2.30. The minimum Gasteiger partial charge on any atom is -0.811 e. The van der Waals surface area contributed by atoms with Gasteiger partial charge in [0.05, 0.1) is 0 Å². The van der Waals surface area contributed by atoms with Gasteiger partial charge in [0.1, 0.15) is 0 Å². The molecule has 0 aliphatic rings. The Morgan fingerprint density at radius 3 is 2.27 bits per heavy atom. The van der Waals surface area contributed by atoms with E-state index in [0.717, 1.165) is 6.08 Å². The summed E-state index contributed by atoms with van der Waals surface area (Å²) in [5.41, 5.74) is 0. The molecule has 0 aliphatic carbocycles. The lowest BCUT2D eigenvalue weighted by Gasteiger charge is -2.29. The van der Waals surface area contributed by atoms with Crippen molar-refractivity contribution < 1.29 is 27.5 Å². The molecule has 0 spiro atoms. The molecule has 0 radical (unpaired) electrons. The van der Waals surface area contributed by atoms with Gasteiger partial charge in [-0.25, -0.2) is 0 Å². The molecule has 0 rings (SSSR count). The maximum atomic E-state index is 11.9. The molecule has 0 saturated heterocycles. The summed E-state index contributed by atoms with van der Waals surface area (Å²) in [5, 5.41) is 0. The second kappa shape index (κ2) is 5.68. The van der Waals surface area contributed by atoms with E-state index in [2.05, 4.69) is 6.58 Å². The van der Waals surface area contributed by atoms with Gasteiger partial charge in [-0.15, -0.1) is 6.58 Å². The molecule has 0 N–H and O–H groups in total. The Balaban J connectivity index is 3.92. The summed E-state index contributed by atoms with van der Waals surface area (Å²) in [4.78, 5) is 20.4. The molecular formula is C8H12F3O3P-2. The molecule has 0 saturated carbocycles. The molecule has 90 valence electrons. The van der Waals surface area contributed by atoms with Gasteiger partial charge >= 0.3 is 6.18 Å². The molecule has 0 aliphatic heterocycles. The summed E-state index contributed by atoms with van der Waals surface area (Å²) in [6.07, 6.45) is -4.84. The van der Waals surface area contributed by atoms with E-state index < -0.39 is 32.3 Å². The van der Waals surface area contributed by atoms with Crippen LogP contribution in [-0.2, 0) is 4.57 Å². The first kappa shape index (κ1) is 14.7. The van der Waals surface area contributed by atoms with Crippen LogP contribution in [0.1, 0.15) is 19.3 Å². The number of halogens is 3. The zero-order valence-electron chi connectivity index (χ0n) is 8.00. The van der Waals surface area contributed by atoms with E-state index in [0.29, 0.717) is 0 Å². The Bertz CT molecular complexity index is 246. The van der Waals surface area contributed by atoms with E-state index >= 15 is 0 Å². The minimum atomic E-state index is -4.60. The quantitative estimate of drug-likeness (QED) is 0.524. The van der Waals surface area contributed by atoms with Crippen molar-refractivity contribution in [1.29, 1.82) is 0 Å². The van der Waals surface area contributed by atoms with Gasteiger partial charge in [-0.2, -0.15) is 13.2 Å². The van der Waals surface area contributed by atoms with E-state index in [1.165, 1.54) is 0 Å². The van der Waals surface area contributed by atoms with Gasteiger partial charge in [0.25, 0.3) is 0 Å². The number of allylic oxidation sites excluding steroid dienone is 1. The summed E-state index contributed by atoms with van der Waals surface area (Å²) < 4.78 is 46.0. The Labute approximate surface area is 86.2 Å². The molecule has 15 heavy (non-hydrogen) atoms. The van der Waals surface area contributed by atoms with Crippen molar-refractivity contribution in [3.63, 3.8) is 0 Å². The summed E-state index contributed by atoms with van der Waals surface area (Å²) >= 11 is 0. The minimum absolute atomic E-state index is 0.0114. The largest absolute Gasteiger partial charge is 0.811 e. The summed E-state index contributed by atoms with van der Waals surface area (Å²) in [7, 11) is -4.60. The molecule has 0 aromatic heterocycles. The van der Waals surface area contributed by atoms with Gasteiger partial charge in [-0.1, -0.05) is 13.7 Å². The molecule has 0 amide bonds. The standard InChI is InChI=1S/C8H14F3O3P/c1-2-7(6-8(9,10)11)4-3-5-15(12,13)14/h2,7H,1,3-6H2,(H2,12,13,14)/p-2. The van der Waals surface area contributed by atoms with E-state index in [4.69, 9.17) is 0 Å². The van der Waals surface area contributed by atoms with E-state index in [1.807, 2.05) is 0 Å². The molecule has 0 bridgehead atoms. The predicted molar refractivity (Wildman–Crippen MR) is 46.1 cm³/mol. The van der Waals surface area contributed by atoms with Crippen LogP contribution in [0, 0.1) is 5.92 Å². The van der Waals surface area contributed by atoms with Crippen LogP contribution < -0.4 is 9.79 Å². The third-order valence-electron chi connectivity index (χ3n) is 1.83. The second-order valence-electron chi connectivity index (χ2n) is 3.29. The fourth-order valence-electron chi connectivity index (χ4n) is 1.15. The lowest BCUT2D eigenvalue weighted by Crippen LogP contribution is -2.18. The maximum Gasteiger partial charge on any atom is 0.389 e. The Morgan fingerprint density at radius 1 is 1.40 bits per heavy atom. The van der Waals surface area contributed by atoms with Gasteiger partial charge < -0.3 is 14.4 Å². The summed E-state index contributed by atoms with van der Waals surface area (Å²) in [5.74, 6) is -0.823. The first-order valence-corrected chi connectivity index (χ1v) is 6.07.